The molecule has 58 valence electrons. The van der Waals surface area contributed by atoms with E-state index < -0.39 is 0 Å². The Morgan fingerprint density at radius 3 is 2.60 bits per heavy atom. The summed E-state index contributed by atoms with van der Waals surface area (Å²) >= 11 is 0. The molecule has 0 rings (SSSR count). The average Bonchev–Trinajstić information content (AvgIpc) is 1.84. The van der Waals surface area contributed by atoms with Gasteiger partial charge in [-0.15, -0.1) is 6.58 Å². The highest BCUT2D eigenvalue weighted by atomic mass is 16.5. The number of allylic oxidation sites excluding steroid dienone is 1. The van der Waals surface area contributed by atoms with Crippen LogP contribution in [0.2, 0.25) is 0 Å². The van der Waals surface area contributed by atoms with Gasteiger partial charge in [-0.05, 0) is 26.7 Å². The number of carbonyl (C=O) groups is 1. The van der Waals surface area contributed by atoms with Crippen molar-refractivity contribution < 1.29 is 9.53 Å². The number of carbonyl (C=O) groups excluding carboxylic acids is 1. The van der Waals surface area contributed by atoms with Gasteiger partial charge in [0.1, 0.15) is 5.60 Å². The Morgan fingerprint density at radius 1 is 1.60 bits per heavy atom. The molecule has 10 heavy (non-hydrogen) atoms. The van der Waals surface area contributed by atoms with Crippen molar-refractivity contribution in [2.24, 2.45) is 0 Å². The highest BCUT2D eigenvalue weighted by molar-refractivity contribution is 5.38. The van der Waals surface area contributed by atoms with Gasteiger partial charge in [-0.1, -0.05) is 6.08 Å². The zero-order valence-electron chi connectivity index (χ0n) is 6.59. The molecule has 0 unspecified atom stereocenters. The van der Waals surface area contributed by atoms with Crippen molar-refractivity contribution in [3.63, 3.8) is 0 Å². The van der Waals surface area contributed by atoms with Crippen molar-refractivity contribution in [2.45, 2.75) is 32.3 Å². The molecule has 0 radical (unpaired) electrons. The van der Waals surface area contributed by atoms with Crippen LogP contribution in [0.3, 0.4) is 0 Å². The maximum Gasteiger partial charge on any atom is 0.293 e. The molecule has 2 nitrogen and oxygen atoms in total. The lowest BCUT2D eigenvalue weighted by molar-refractivity contribution is -0.140. The third-order valence-electron chi connectivity index (χ3n) is 1.32. The molecule has 0 N–H and O–H groups in total. The van der Waals surface area contributed by atoms with Crippen molar-refractivity contribution in [3.8, 4) is 0 Å². The highest BCUT2D eigenvalue weighted by Crippen LogP contribution is 2.14. The van der Waals surface area contributed by atoms with Crippen LogP contribution in [0.5, 0.6) is 0 Å². The van der Waals surface area contributed by atoms with E-state index >= 15 is 0 Å². The summed E-state index contributed by atoms with van der Waals surface area (Å²) in [6.45, 7) is 7.83. The molecule has 0 aliphatic heterocycles. The van der Waals surface area contributed by atoms with Crippen LogP contribution in [-0.2, 0) is 9.53 Å². The van der Waals surface area contributed by atoms with E-state index in [4.69, 9.17) is 4.74 Å². The summed E-state index contributed by atoms with van der Waals surface area (Å²) < 4.78 is 4.80. The Labute approximate surface area is 61.9 Å². The fourth-order valence-corrected chi connectivity index (χ4v) is 0.639. The fourth-order valence-electron chi connectivity index (χ4n) is 0.639. The molecule has 0 saturated carbocycles. The molecule has 2 heteroatoms. The second-order valence-corrected chi connectivity index (χ2v) is 2.80. The quantitative estimate of drug-likeness (QED) is 0.433. The van der Waals surface area contributed by atoms with Gasteiger partial charge < -0.3 is 4.74 Å². The van der Waals surface area contributed by atoms with E-state index in [9.17, 15) is 4.79 Å². The van der Waals surface area contributed by atoms with E-state index in [1.165, 1.54) is 0 Å². The van der Waals surface area contributed by atoms with E-state index in [2.05, 4.69) is 6.58 Å². The van der Waals surface area contributed by atoms with E-state index in [1.54, 1.807) is 0 Å². The van der Waals surface area contributed by atoms with Gasteiger partial charge in [0, 0.05) is 0 Å². The van der Waals surface area contributed by atoms with Crippen molar-refractivity contribution in [2.75, 3.05) is 0 Å². The van der Waals surface area contributed by atoms with Gasteiger partial charge in [-0.25, -0.2) is 0 Å². The molecule has 0 bridgehead atoms. The zero-order valence-corrected chi connectivity index (χ0v) is 6.59. The molecule has 0 heterocycles. The molecule has 0 aromatic rings. The first-order valence-corrected chi connectivity index (χ1v) is 3.35. The first-order chi connectivity index (χ1) is 4.62. The van der Waals surface area contributed by atoms with Crippen LogP contribution in [0.4, 0.5) is 0 Å². The molecule has 0 aliphatic carbocycles. The smallest absolute Gasteiger partial charge is 0.293 e. The molecule has 0 aromatic heterocycles. The van der Waals surface area contributed by atoms with Crippen LogP contribution in [0.15, 0.2) is 12.7 Å². The molecule has 0 aliphatic rings. The lowest BCUT2D eigenvalue weighted by Gasteiger charge is -2.21. The molecular weight excluding hydrogens is 128 g/mol. The van der Waals surface area contributed by atoms with Gasteiger partial charge in [0.05, 0.1) is 0 Å². The molecule has 0 spiro atoms. The van der Waals surface area contributed by atoms with E-state index in [0.717, 1.165) is 12.8 Å². The minimum atomic E-state index is -0.337. The highest BCUT2D eigenvalue weighted by Gasteiger charge is 2.16. The molecule has 0 aromatic carbocycles. The second kappa shape index (κ2) is 4.09. The normalized spacial score (nSPS) is 10.6. The van der Waals surface area contributed by atoms with Crippen LogP contribution < -0.4 is 0 Å². The standard InChI is InChI=1S/C8H14O2/c1-4-5-6-8(2,3)10-7-9/h4,7H,1,5-6H2,2-3H3. The van der Waals surface area contributed by atoms with Gasteiger partial charge in [0.25, 0.3) is 6.47 Å². The van der Waals surface area contributed by atoms with E-state index in [1.807, 2.05) is 19.9 Å². The molecule has 0 atom stereocenters. The summed E-state index contributed by atoms with van der Waals surface area (Å²) in [4.78, 5) is 9.94. The zero-order chi connectivity index (χ0) is 8.04. The van der Waals surface area contributed by atoms with E-state index in [-0.39, 0.29) is 5.60 Å². The minimum Gasteiger partial charge on any atom is -0.462 e. The van der Waals surface area contributed by atoms with Crippen molar-refractivity contribution in [1.82, 2.24) is 0 Å². The Hall–Kier alpha value is -0.790. The SMILES string of the molecule is C=CCCC(C)(C)OC=O. The van der Waals surface area contributed by atoms with E-state index in [0.29, 0.717) is 6.47 Å². The Bertz CT molecular complexity index is 116. The minimum absolute atomic E-state index is 0.337. The van der Waals surface area contributed by atoms with Crippen molar-refractivity contribution in [3.05, 3.63) is 12.7 Å². The molecule has 0 fully saturated rings. The van der Waals surface area contributed by atoms with Crippen LogP contribution >= 0.6 is 0 Å². The molecular formula is C8H14O2. The number of ether oxygens (including phenoxy) is 1. The lowest BCUT2D eigenvalue weighted by atomic mass is 10.0. The van der Waals surface area contributed by atoms with Crippen LogP contribution in [0.25, 0.3) is 0 Å². The topological polar surface area (TPSA) is 26.3 Å². The number of hydrogen-bond acceptors (Lipinski definition) is 2. The van der Waals surface area contributed by atoms with Gasteiger partial charge in [0.2, 0.25) is 0 Å². The Balaban J connectivity index is 3.61. The summed E-state index contributed by atoms with van der Waals surface area (Å²) in [6.07, 6.45) is 3.52. The first kappa shape index (κ1) is 9.21. The van der Waals surface area contributed by atoms with Gasteiger partial charge in [-0.2, -0.15) is 0 Å². The molecule has 0 amide bonds. The van der Waals surface area contributed by atoms with Crippen LogP contribution in [0.1, 0.15) is 26.7 Å². The molecule has 0 saturated heterocycles. The summed E-state index contributed by atoms with van der Waals surface area (Å²) in [6, 6.07) is 0. The van der Waals surface area contributed by atoms with Crippen molar-refractivity contribution in [1.29, 1.82) is 0 Å². The predicted molar refractivity (Wildman–Crippen MR) is 40.7 cm³/mol. The van der Waals surface area contributed by atoms with Gasteiger partial charge in [-0.3, -0.25) is 4.79 Å². The van der Waals surface area contributed by atoms with Crippen molar-refractivity contribution >= 4 is 6.47 Å². The fraction of sp³-hybridized carbons (Fsp3) is 0.625. The van der Waals surface area contributed by atoms with Crippen LogP contribution in [0, 0.1) is 0 Å². The van der Waals surface area contributed by atoms with Gasteiger partial charge >= 0.3 is 0 Å². The average molecular weight is 142 g/mol. The van der Waals surface area contributed by atoms with Crippen LogP contribution in [-0.4, -0.2) is 12.1 Å². The first-order valence-electron chi connectivity index (χ1n) is 3.35. The monoisotopic (exact) mass is 142 g/mol. The largest absolute Gasteiger partial charge is 0.462 e. The number of rotatable bonds is 5. The Morgan fingerprint density at radius 2 is 2.20 bits per heavy atom. The maximum atomic E-state index is 9.94. The third kappa shape index (κ3) is 4.13. The second-order valence-electron chi connectivity index (χ2n) is 2.80. The predicted octanol–water partition coefficient (Wildman–Crippen LogP) is 1.90. The summed E-state index contributed by atoms with van der Waals surface area (Å²) in [5.74, 6) is 0. The lowest BCUT2D eigenvalue weighted by Crippen LogP contribution is -2.23. The summed E-state index contributed by atoms with van der Waals surface area (Å²) in [7, 11) is 0. The summed E-state index contributed by atoms with van der Waals surface area (Å²) in [5.41, 5.74) is -0.337. The summed E-state index contributed by atoms with van der Waals surface area (Å²) in [5, 5.41) is 0. The Kier molecular flexibility index (Phi) is 3.77. The maximum absolute atomic E-state index is 9.94. The van der Waals surface area contributed by atoms with Gasteiger partial charge in [0.15, 0.2) is 0 Å². The number of hydrogen-bond donors (Lipinski definition) is 0. The third-order valence-corrected chi connectivity index (χ3v) is 1.32.